The van der Waals surface area contributed by atoms with Crippen LogP contribution < -0.4 is 4.90 Å². The summed E-state index contributed by atoms with van der Waals surface area (Å²) in [6.07, 6.45) is 5.04. The Hall–Kier alpha value is -3.31. The van der Waals surface area contributed by atoms with Crippen molar-refractivity contribution in [2.75, 3.05) is 25.0 Å². The van der Waals surface area contributed by atoms with Gasteiger partial charge in [-0.2, -0.15) is 0 Å². The predicted molar refractivity (Wildman–Crippen MR) is 139 cm³/mol. The Morgan fingerprint density at radius 3 is 2.35 bits per heavy atom. The maximum absolute atomic E-state index is 13.2. The van der Waals surface area contributed by atoms with Gasteiger partial charge in [0.25, 0.3) is 11.8 Å². The topological polar surface area (TPSA) is 40.6 Å². The van der Waals surface area contributed by atoms with Crippen LogP contribution in [-0.4, -0.2) is 36.9 Å². The third-order valence-corrected chi connectivity index (χ3v) is 7.75. The number of benzene rings is 3. The molecular weight excluding hydrogens is 440 g/mol. The lowest BCUT2D eigenvalue weighted by molar-refractivity contribution is -0.114. The fraction of sp³-hybridized carbons (Fsp3) is 0.241. The second kappa shape index (κ2) is 9.90. The lowest BCUT2D eigenvalue weighted by Gasteiger charge is -2.33. The number of nitrogens with zero attached hydrogens (tertiary/aromatic N) is 2. The minimum Gasteiger partial charge on any atom is -0.339 e. The molecule has 0 unspecified atom stereocenters. The molecule has 2 aliphatic heterocycles. The molecule has 0 aliphatic carbocycles. The molecule has 0 saturated carbocycles. The van der Waals surface area contributed by atoms with Crippen LogP contribution in [0.5, 0.6) is 0 Å². The van der Waals surface area contributed by atoms with Crippen LogP contribution in [0, 0.1) is 5.92 Å². The molecule has 2 amide bonds. The van der Waals surface area contributed by atoms with E-state index in [1.807, 2.05) is 65.6 Å². The summed E-state index contributed by atoms with van der Waals surface area (Å²) in [7, 11) is 1.78. The number of piperidine rings is 1. The van der Waals surface area contributed by atoms with E-state index >= 15 is 0 Å². The van der Waals surface area contributed by atoms with Crippen LogP contribution in [-0.2, 0) is 11.2 Å². The summed E-state index contributed by atoms with van der Waals surface area (Å²) in [5, 5.41) is 0. The Morgan fingerprint density at radius 1 is 0.971 bits per heavy atom. The SMILES string of the molecule is CN1C(=O)/C(=C\c2ccccc2)Sc2ccc(C(=O)N3CCC(Cc4ccccc4)CC3)cc21. The quantitative estimate of drug-likeness (QED) is 0.448. The van der Waals surface area contributed by atoms with Crippen LogP contribution in [0.4, 0.5) is 5.69 Å². The van der Waals surface area contributed by atoms with Gasteiger partial charge in [-0.05, 0) is 60.6 Å². The van der Waals surface area contributed by atoms with Crippen molar-refractivity contribution in [3.05, 3.63) is 100 Å². The van der Waals surface area contributed by atoms with Gasteiger partial charge < -0.3 is 9.80 Å². The first-order valence-electron chi connectivity index (χ1n) is 11.8. The molecule has 5 heteroatoms. The van der Waals surface area contributed by atoms with Gasteiger partial charge >= 0.3 is 0 Å². The zero-order valence-electron chi connectivity index (χ0n) is 19.3. The zero-order valence-corrected chi connectivity index (χ0v) is 20.1. The van der Waals surface area contributed by atoms with Gasteiger partial charge in [-0.3, -0.25) is 9.59 Å². The number of hydrogen-bond donors (Lipinski definition) is 0. The first-order valence-corrected chi connectivity index (χ1v) is 12.6. The molecule has 3 aromatic rings. The molecule has 4 nitrogen and oxygen atoms in total. The van der Waals surface area contributed by atoms with E-state index in [0.717, 1.165) is 48.5 Å². The molecule has 0 N–H and O–H groups in total. The highest BCUT2D eigenvalue weighted by Gasteiger charge is 2.29. The van der Waals surface area contributed by atoms with Gasteiger partial charge in [0.05, 0.1) is 10.6 Å². The molecule has 3 aromatic carbocycles. The molecular formula is C29H28N2O2S. The highest BCUT2D eigenvalue weighted by molar-refractivity contribution is 8.04. The maximum atomic E-state index is 13.2. The summed E-state index contributed by atoms with van der Waals surface area (Å²) in [5.74, 6) is 0.620. The van der Waals surface area contributed by atoms with Crippen LogP contribution in [0.1, 0.15) is 34.3 Å². The lowest BCUT2D eigenvalue weighted by atomic mass is 9.90. The minimum absolute atomic E-state index is 0.0484. The molecule has 0 radical (unpaired) electrons. The summed E-state index contributed by atoms with van der Waals surface area (Å²) < 4.78 is 0. The average molecular weight is 469 g/mol. The number of likely N-dealkylation sites (tertiary alicyclic amines) is 1. The molecule has 0 spiro atoms. The van der Waals surface area contributed by atoms with Gasteiger partial charge in [0.2, 0.25) is 0 Å². The summed E-state index contributed by atoms with van der Waals surface area (Å²) in [6, 6.07) is 26.2. The number of thioether (sulfide) groups is 1. The standard InChI is InChI=1S/C29H28N2O2S/c1-30-25-20-24(12-13-26(25)34-27(29(30)33)19-22-10-6-3-7-11-22)28(32)31-16-14-23(15-17-31)18-21-8-4-2-5-9-21/h2-13,19-20,23H,14-18H2,1H3/b27-19+. The molecule has 5 rings (SSSR count). The second-order valence-electron chi connectivity index (χ2n) is 8.99. The third kappa shape index (κ3) is 4.80. The highest BCUT2D eigenvalue weighted by Crippen LogP contribution is 2.42. The smallest absolute Gasteiger partial charge is 0.264 e. The van der Waals surface area contributed by atoms with E-state index in [0.29, 0.717) is 16.4 Å². The van der Waals surface area contributed by atoms with Crippen LogP contribution in [0.15, 0.2) is 88.7 Å². The van der Waals surface area contributed by atoms with Crippen LogP contribution in [0.25, 0.3) is 6.08 Å². The van der Waals surface area contributed by atoms with E-state index < -0.39 is 0 Å². The van der Waals surface area contributed by atoms with Crippen molar-refractivity contribution in [3.8, 4) is 0 Å². The molecule has 34 heavy (non-hydrogen) atoms. The molecule has 0 atom stereocenters. The van der Waals surface area contributed by atoms with Crippen LogP contribution >= 0.6 is 11.8 Å². The second-order valence-corrected chi connectivity index (χ2v) is 10.1. The molecule has 2 heterocycles. The number of carbonyl (C=O) groups is 2. The van der Waals surface area contributed by atoms with E-state index in [4.69, 9.17) is 0 Å². The summed E-state index contributed by atoms with van der Waals surface area (Å²) in [6.45, 7) is 1.56. The van der Waals surface area contributed by atoms with E-state index in [1.165, 1.54) is 17.3 Å². The first kappa shape index (κ1) is 22.5. The van der Waals surface area contributed by atoms with Crippen molar-refractivity contribution in [3.63, 3.8) is 0 Å². The number of amides is 2. The van der Waals surface area contributed by atoms with Crippen LogP contribution in [0.2, 0.25) is 0 Å². The Balaban J connectivity index is 1.27. The van der Waals surface area contributed by atoms with Crippen molar-refractivity contribution in [2.24, 2.45) is 5.92 Å². The van der Waals surface area contributed by atoms with Gasteiger partial charge in [-0.25, -0.2) is 0 Å². The summed E-state index contributed by atoms with van der Waals surface area (Å²) >= 11 is 1.47. The van der Waals surface area contributed by atoms with E-state index in [-0.39, 0.29) is 11.8 Å². The number of carbonyl (C=O) groups excluding carboxylic acids is 2. The van der Waals surface area contributed by atoms with Crippen molar-refractivity contribution < 1.29 is 9.59 Å². The first-order chi connectivity index (χ1) is 16.6. The molecule has 1 fully saturated rings. The number of fused-ring (bicyclic) bond motifs is 1. The van der Waals surface area contributed by atoms with Crippen molar-refractivity contribution >= 4 is 35.3 Å². The van der Waals surface area contributed by atoms with Crippen molar-refractivity contribution in [1.82, 2.24) is 4.90 Å². The monoisotopic (exact) mass is 468 g/mol. The Bertz CT molecular complexity index is 1220. The lowest BCUT2D eigenvalue weighted by Crippen LogP contribution is -2.39. The zero-order chi connectivity index (χ0) is 23.5. The molecule has 0 bridgehead atoms. The molecule has 0 aromatic heterocycles. The minimum atomic E-state index is -0.0484. The number of anilines is 1. The third-order valence-electron chi connectivity index (χ3n) is 6.67. The maximum Gasteiger partial charge on any atom is 0.264 e. The number of hydrogen-bond acceptors (Lipinski definition) is 3. The fourth-order valence-electron chi connectivity index (χ4n) is 4.70. The van der Waals surface area contributed by atoms with Gasteiger partial charge in [-0.1, -0.05) is 72.4 Å². The predicted octanol–water partition coefficient (Wildman–Crippen LogP) is 5.89. The Morgan fingerprint density at radius 2 is 1.65 bits per heavy atom. The van der Waals surface area contributed by atoms with Crippen molar-refractivity contribution in [2.45, 2.75) is 24.2 Å². The number of rotatable bonds is 4. The van der Waals surface area contributed by atoms with Gasteiger partial charge in [-0.15, -0.1) is 0 Å². The van der Waals surface area contributed by atoms with E-state index in [1.54, 1.807) is 11.9 Å². The van der Waals surface area contributed by atoms with Crippen LogP contribution in [0.3, 0.4) is 0 Å². The molecule has 2 aliphatic rings. The largest absolute Gasteiger partial charge is 0.339 e. The van der Waals surface area contributed by atoms with Gasteiger partial charge in [0.15, 0.2) is 0 Å². The van der Waals surface area contributed by atoms with Gasteiger partial charge in [0, 0.05) is 30.6 Å². The van der Waals surface area contributed by atoms with Gasteiger partial charge in [0.1, 0.15) is 0 Å². The summed E-state index contributed by atoms with van der Waals surface area (Å²) in [5.41, 5.74) is 3.81. The average Bonchev–Trinajstić information content (AvgIpc) is 2.88. The van der Waals surface area contributed by atoms with E-state index in [2.05, 4.69) is 24.3 Å². The normalized spacial score (nSPS) is 17.7. The Labute approximate surface area is 205 Å². The fourth-order valence-corrected chi connectivity index (χ4v) is 5.79. The van der Waals surface area contributed by atoms with E-state index in [9.17, 15) is 9.59 Å². The summed E-state index contributed by atoms with van der Waals surface area (Å²) in [4.78, 5) is 31.5. The molecule has 1 saturated heterocycles. The number of likely N-dealkylation sites (N-methyl/N-ethyl adjacent to an activating group) is 1. The Kier molecular flexibility index (Phi) is 6.54. The van der Waals surface area contributed by atoms with Crippen molar-refractivity contribution in [1.29, 1.82) is 0 Å². The highest BCUT2D eigenvalue weighted by atomic mass is 32.2. The molecule has 172 valence electrons.